The zero-order valence-electron chi connectivity index (χ0n) is 15.6. The summed E-state index contributed by atoms with van der Waals surface area (Å²) in [5.74, 6) is 0.170. The van der Waals surface area contributed by atoms with Crippen molar-refractivity contribution in [3.05, 3.63) is 95.6 Å². The van der Waals surface area contributed by atoms with Crippen molar-refractivity contribution in [3.63, 3.8) is 0 Å². The standard InChI is InChI=1S/C23H22N2O3/c1-24-23(27)20-9-5-6-10-21(20)25-22(26)18-11-13-19(14-12-18)28-16-15-17-7-3-2-4-8-17/h2-14H,15-16H2,1H3,(H,24,27)(H,25,26). The van der Waals surface area contributed by atoms with Crippen LogP contribution in [0.2, 0.25) is 0 Å². The van der Waals surface area contributed by atoms with Gasteiger partial charge in [-0.1, -0.05) is 42.5 Å². The van der Waals surface area contributed by atoms with Gasteiger partial charge >= 0.3 is 0 Å². The predicted octanol–water partition coefficient (Wildman–Crippen LogP) is 3.92. The highest BCUT2D eigenvalue weighted by molar-refractivity contribution is 6.08. The van der Waals surface area contributed by atoms with E-state index in [1.165, 1.54) is 5.56 Å². The minimum absolute atomic E-state index is 0.252. The summed E-state index contributed by atoms with van der Waals surface area (Å²) in [5.41, 5.74) is 2.59. The lowest BCUT2D eigenvalue weighted by Crippen LogP contribution is -2.21. The van der Waals surface area contributed by atoms with Gasteiger partial charge in [-0.25, -0.2) is 0 Å². The van der Waals surface area contributed by atoms with Crippen LogP contribution in [0.15, 0.2) is 78.9 Å². The summed E-state index contributed by atoms with van der Waals surface area (Å²) in [6.07, 6.45) is 0.819. The highest BCUT2D eigenvalue weighted by atomic mass is 16.5. The number of nitrogens with one attached hydrogen (secondary N) is 2. The van der Waals surface area contributed by atoms with Gasteiger partial charge in [0.1, 0.15) is 5.75 Å². The zero-order valence-corrected chi connectivity index (χ0v) is 15.6. The van der Waals surface area contributed by atoms with Gasteiger partial charge in [0.25, 0.3) is 11.8 Å². The van der Waals surface area contributed by atoms with Crippen molar-refractivity contribution in [1.82, 2.24) is 5.32 Å². The van der Waals surface area contributed by atoms with Crippen molar-refractivity contribution in [2.45, 2.75) is 6.42 Å². The van der Waals surface area contributed by atoms with E-state index < -0.39 is 0 Å². The van der Waals surface area contributed by atoms with Crippen LogP contribution in [0.5, 0.6) is 5.75 Å². The lowest BCUT2D eigenvalue weighted by Gasteiger charge is -2.11. The lowest BCUT2D eigenvalue weighted by molar-refractivity contribution is 0.0964. The van der Waals surface area contributed by atoms with Crippen LogP contribution in [0.1, 0.15) is 26.3 Å². The fourth-order valence-electron chi connectivity index (χ4n) is 2.75. The number of benzene rings is 3. The summed E-state index contributed by atoms with van der Waals surface area (Å²) >= 11 is 0. The van der Waals surface area contributed by atoms with Crippen LogP contribution in [0, 0.1) is 0 Å². The van der Waals surface area contributed by atoms with Crippen LogP contribution in [-0.2, 0) is 6.42 Å². The molecule has 0 unspecified atom stereocenters. The summed E-state index contributed by atoms with van der Waals surface area (Å²) in [7, 11) is 1.55. The van der Waals surface area contributed by atoms with Gasteiger partial charge in [0.2, 0.25) is 0 Å². The van der Waals surface area contributed by atoms with Crippen LogP contribution in [0.3, 0.4) is 0 Å². The van der Waals surface area contributed by atoms with Crippen LogP contribution in [-0.4, -0.2) is 25.5 Å². The molecule has 5 nitrogen and oxygen atoms in total. The Bertz CT molecular complexity index is 938. The number of hydrogen-bond acceptors (Lipinski definition) is 3. The molecule has 0 aliphatic carbocycles. The van der Waals surface area contributed by atoms with Crippen molar-refractivity contribution >= 4 is 17.5 Å². The molecule has 5 heteroatoms. The van der Waals surface area contributed by atoms with E-state index in [0.717, 1.165) is 6.42 Å². The van der Waals surface area contributed by atoms with Gasteiger partial charge in [0, 0.05) is 19.0 Å². The zero-order chi connectivity index (χ0) is 19.8. The normalized spacial score (nSPS) is 10.2. The van der Waals surface area contributed by atoms with E-state index >= 15 is 0 Å². The van der Waals surface area contributed by atoms with E-state index in [-0.39, 0.29) is 11.8 Å². The molecule has 0 aliphatic heterocycles. The Morgan fingerprint density at radius 3 is 2.21 bits per heavy atom. The van der Waals surface area contributed by atoms with Gasteiger partial charge in [0.05, 0.1) is 17.9 Å². The monoisotopic (exact) mass is 374 g/mol. The highest BCUT2D eigenvalue weighted by Crippen LogP contribution is 2.18. The Hall–Kier alpha value is -3.60. The second kappa shape index (κ2) is 9.37. The second-order valence-electron chi connectivity index (χ2n) is 6.19. The molecule has 0 bridgehead atoms. The molecule has 28 heavy (non-hydrogen) atoms. The van der Waals surface area contributed by atoms with Crippen LogP contribution in [0.25, 0.3) is 0 Å². The fourth-order valence-corrected chi connectivity index (χ4v) is 2.75. The van der Waals surface area contributed by atoms with Crippen LogP contribution < -0.4 is 15.4 Å². The fraction of sp³-hybridized carbons (Fsp3) is 0.130. The molecule has 0 fully saturated rings. The second-order valence-corrected chi connectivity index (χ2v) is 6.19. The molecule has 0 saturated carbocycles. The molecule has 2 amide bonds. The first-order valence-corrected chi connectivity index (χ1v) is 9.06. The number of anilines is 1. The van der Waals surface area contributed by atoms with E-state index in [2.05, 4.69) is 22.8 Å². The average Bonchev–Trinajstić information content (AvgIpc) is 2.75. The number of amides is 2. The molecule has 0 heterocycles. The van der Waals surface area contributed by atoms with Crippen molar-refractivity contribution < 1.29 is 14.3 Å². The molecular weight excluding hydrogens is 352 g/mol. The topological polar surface area (TPSA) is 67.4 Å². The van der Waals surface area contributed by atoms with E-state index in [1.54, 1.807) is 55.6 Å². The number of carbonyl (C=O) groups excluding carboxylic acids is 2. The average molecular weight is 374 g/mol. The molecule has 0 radical (unpaired) electrons. The SMILES string of the molecule is CNC(=O)c1ccccc1NC(=O)c1ccc(OCCc2ccccc2)cc1. The van der Waals surface area contributed by atoms with Crippen LogP contribution in [0.4, 0.5) is 5.69 Å². The molecule has 142 valence electrons. The molecule has 0 atom stereocenters. The molecule has 3 aromatic carbocycles. The third-order valence-electron chi connectivity index (χ3n) is 4.27. The number of hydrogen-bond donors (Lipinski definition) is 2. The molecule has 0 spiro atoms. The molecule has 0 aromatic heterocycles. The first kappa shape index (κ1) is 19.2. The smallest absolute Gasteiger partial charge is 0.255 e. The summed E-state index contributed by atoms with van der Waals surface area (Å²) < 4.78 is 5.74. The maximum absolute atomic E-state index is 12.5. The first-order chi connectivity index (χ1) is 13.7. The maximum Gasteiger partial charge on any atom is 0.255 e. The van der Waals surface area contributed by atoms with Gasteiger partial charge in [-0.05, 0) is 42.0 Å². The number of rotatable bonds is 7. The van der Waals surface area contributed by atoms with E-state index in [4.69, 9.17) is 4.74 Å². The summed E-state index contributed by atoms with van der Waals surface area (Å²) in [5, 5.41) is 5.35. The Labute approximate surface area is 164 Å². The number of carbonyl (C=O) groups is 2. The summed E-state index contributed by atoms with van der Waals surface area (Å²) in [6, 6.07) is 24.0. The van der Waals surface area contributed by atoms with Gasteiger partial charge < -0.3 is 15.4 Å². The largest absolute Gasteiger partial charge is 0.493 e. The molecule has 3 rings (SSSR count). The van der Waals surface area contributed by atoms with Crippen LogP contribution >= 0.6 is 0 Å². The third kappa shape index (κ3) is 4.98. The first-order valence-electron chi connectivity index (χ1n) is 9.06. The minimum atomic E-state index is -0.285. The summed E-state index contributed by atoms with van der Waals surface area (Å²) in [4.78, 5) is 24.4. The molecule has 3 aromatic rings. The number of para-hydroxylation sites is 1. The number of ether oxygens (including phenoxy) is 1. The van der Waals surface area contributed by atoms with Crippen molar-refractivity contribution in [1.29, 1.82) is 0 Å². The van der Waals surface area contributed by atoms with Gasteiger partial charge in [-0.15, -0.1) is 0 Å². The molecule has 0 aliphatic rings. The van der Waals surface area contributed by atoms with E-state index in [1.807, 2.05) is 18.2 Å². The summed E-state index contributed by atoms with van der Waals surface area (Å²) in [6.45, 7) is 0.565. The lowest BCUT2D eigenvalue weighted by atomic mass is 10.1. The highest BCUT2D eigenvalue weighted by Gasteiger charge is 2.13. The van der Waals surface area contributed by atoms with Gasteiger partial charge in [-0.3, -0.25) is 9.59 Å². The van der Waals surface area contributed by atoms with Crippen molar-refractivity contribution in [3.8, 4) is 5.75 Å². The van der Waals surface area contributed by atoms with E-state index in [0.29, 0.717) is 29.2 Å². The van der Waals surface area contributed by atoms with E-state index in [9.17, 15) is 9.59 Å². The quantitative estimate of drug-likeness (QED) is 0.659. The van der Waals surface area contributed by atoms with Crippen molar-refractivity contribution in [2.75, 3.05) is 19.0 Å². The molecule has 2 N–H and O–H groups in total. The Balaban J connectivity index is 1.59. The predicted molar refractivity (Wildman–Crippen MR) is 110 cm³/mol. The third-order valence-corrected chi connectivity index (χ3v) is 4.27. The van der Waals surface area contributed by atoms with Crippen molar-refractivity contribution in [2.24, 2.45) is 0 Å². The Kier molecular flexibility index (Phi) is 6.41. The maximum atomic E-state index is 12.5. The Morgan fingerprint density at radius 1 is 0.821 bits per heavy atom. The molecule has 0 saturated heterocycles. The molecular formula is C23H22N2O3. The van der Waals surface area contributed by atoms with Gasteiger partial charge in [-0.2, -0.15) is 0 Å². The Morgan fingerprint density at radius 2 is 1.50 bits per heavy atom. The minimum Gasteiger partial charge on any atom is -0.493 e. The van der Waals surface area contributed by atoms with Gasteiger partial charge in [0.15, 0.2) is 0 Å².